The van der Waals surface area contributed by atoms with Crippen molar-refractivity contribution in [1.29, 1.82) is 0 Å². The summed E-state index contributed by atoms with van der Waals surface area (Å²) in [5, 5.41) is 3.62. The first-order chi connectivity index (χ1) is 8.74. The Morgan fingerprint density at radius 3 is 2.56 bits per heavy atom. The third-order valence-electron chi connectivity index (χ3n) is 3.57. The maximum absolute atomic E-state index is 3.62. The molecule has 1 unspecified atom stereocenters. The summed E-state index contributed by atoms with van der Waals surface area (Å²) in [5.41, 5.74) is 1.40. The second kappa shape index (κ2) is 7.27. The smallest absolute Gasteiger partial charge is 0.0175 e. The van der Waals surface area contributed by atoms with Crippen LogP contribution in [0.1, 0.15) is 25.3 Å². The highest BCUT2D eigenvalue weighted by molar-refractivity contribution is 9.10. The molecule has 1 atom stereocenters. The maximum Gasteiger partial charge on any atom is 0.0175 e. The molecular formula is C15H23BrN2. The first-order valence-electron chi connectivity index (χ1n) is 6.94. The van der Waals surface area contributed by atoms with Crippen molar-refractivity contribution in [3.63, 3.8) is 0 Å². The molecule has 0 bridgehead atoms. The lowest BCUT2D eigenvalue weighted by Crippen LogP contribution is -2.35. The highest BCUT2D eigenvalue weighted by Crippen LogP contribution is 2.12. The SMILES string of the molecule is CC(Cc1ccc(Br)cc1)NCCN1CCCC1. The van der Waals surface area contributed by atoms with Gasteiger partial charge in [0.05, 0.1) is 0 Å². The molecule has 1 aliphatic heterocycles. The van der Waals surface area contributed by atoms with E-state index in [0.29, 0.717) is 6.04 Å². The van der Waals surface area contributed by atoms with Crippen LogP contribution in [-0.2, 0) is 6.42 Å². The van der Waals surface area contributed by atoms with Crippen molar-refractivity contribution in [2.75, 3.05) is 26.2 Å². The maximum atomic E-state index is 3.62. The van der Waals surface area contributed by atoms with E-state index in [2.05, 4.69) is 57.3 Å². The van der Waals surface area contributed by atoms with Gasteiger partial charge in [-0.05, 0) is 57.0 Å². The average molecular weight is 311 g/mol. The molecule has 1 aromatic carbocycles. The van der Waals surface area contributed by atoms with Crippen LogP contribution in [0.4, 0.5) is 0 Å². The van der Waals surface area contributed by atoms with Gasteiger partial charge in [-0.3, -0.25) is 0 Å². The van der Waals surface area contributed by atoms with Crippen LogP contribution in [-0.4, -0.2) is 37.1 Å². The van der Waals surface area contributed by atoms with E-state index in [1.807, 2.05) is 0 Å². The second-order valence-corrected chi connectivity index (χ2v) is 6.15. The zero-order valence-corrected chi connectivity index (χ0v) is 12.7. The molecule has 2 nitrogen and oxygen atoms in total. The summed E-state index contributed by atoms with van der Waals surface area (Å²) in [7, 11) is 0. The molecule has 1 heterocycles. The van der Waals surface area contributed by atoms with Gasteiger partial charge < -0.3 is 10.2 Å². The zero-order chi connectivity index (χ0) is 12.8. The van der Waals surface area contributed by atoms with Gasteiger partial charge in [-0.25, -0.2) is 0 Å². The van der Waals surface area contributed by atoms with Gasteiger partial charge in [0.15, 0.2) is 0 Å². The number of hydrogen-bond donors (Lipinski definition) is 1. The molecule has 1 saturated heterocycles. The van der Waals surface area contributed by atoms with Crippen molar-refractivity contribution in [1.82, 2.24) is 10.2 Å². The average Bonchev–Trinajstić information content (AvgIpc) is 2.85. The van der Waals surface area contributed by atoms with Crippen LogP contribution in [0.15, 0.2) is 28.7 Å². The van der Waals surface area contributed by atoms with E-state index in [-0.39, 0.29) is 0 Å². The van der Waals surface area contributed by atoms with Crippen LogP contribution in [0.2, 0.25) is 0 Å². The van der Waals surface area contributed by atoms with Crippen molar-refractivity contribution in [3.8, 4) is 0 Å². The van der Waals surface area contributed by atoms with Crippen LogP contribution in [0, 0.1) is 0 Å². The molecule has 1 aromatic rings. The molecule has 2 rings (SSSR count). The number of nitrogens with one attached hydrogen (secondary N) is 1. The second-order valence-electron chi connectivity index (χ2n) is 5.23. The molecule has 0 aromatic heterocycles. The Morgan fingerprint density at radius 1 is 1.22 bits per heavy atom. The summed E-state index contributed by atoms with van der Waals surface area (Å²) in [4.78, 5) is 2.55. The van der Waals surface area contributed by atoms with E-state index in [1.54, 1.807) is 0 Å². The Labute approximate surface area is 119 Å². The number of nitrogens with zero attached hydrogens (tertiary/aromatic N) is 1. The first kappa shape index (κ1) is 14.0. The lowest BCUT2D eigenvalue weighted by molar-refractivity contribution is 0.329. The fourth-order valence-corrected chi connectivity index (χ4v) is 2.79. The molecule has 0 spiro atoms. The molecule has 3 heteroatoms. The Hall–Kier alpha value is -0.380. The van der Waals surface area contributed by atoms with E-state index in [4.69, 9.17) is 0 Å². The molecule has 0 saturated carbocycles. The summed E-state index contributed by atoms with van der Waals surface area (Å²) < 4.78 is 1.15. The van der Waals surface area contributed by atoms with Gasteiger partial charge in [0.1, 0.15) is 0 Å². The summed E-state index contributed by atoms with van der Waals surface area (Å²) >= 11 is 3.47. The summed E-state index contributed by atoms with van der Waals surface area (Å²) in [5.74, 6) is 0. The number of likely N-dealkylation sites (tertiary alicyclic amines) is 1. The molecule has 0 radical (unpaired) electrons. The van der Waals surface area contributed by atoms with E-state index in [9.17, 15) is 0 Å². The summed E-state index contributed by atoms with van der Waals surface area (Å²) in [6.07, 6.45) is 3.87. The van der Waals surface area contributed by atoms with Crippen LogP contribution >= 0.6 is 15.9 Å². The Bertz CT molecular complexity index is 344. The van der Waals surface area contributed by atoms with Gasteiger partial charge in [0.25, 0.3) is 0 Å². The van der Waals surface area contributed by atoms with Crippen molar-refractivity contribution in [3.05, 3.63) is 34.3 Å². The molecule has 1 fully saturated rings. The molecule has 0 amide bonds. The fourth-order valence-electron chi connectivity index (χ4n) is 2.52. The largest absolute Gasteiger partial charge is 0.313 e. The van der Waals surface area contributed by atoms with Gasteiger partial charge in [-0.15, -0.1) is 0 Å². The lowest BCUT2D eigenvalue weighted by Gasteiger charge is -2.18. The van der Waals surface area contributed by atoms with Gasteiger partial charge in [0, 0.05) is 23.6 Å². The van der Waals surface area contributed by atoms with Crippen molar-refractivity contribution in [2.24, 2.45) is 0 Å². The van der Waals surface area contributed by atoms with Gasteiger partial charge in [0.2, 0.25) is 0 Å². The Kier molecular flexibility index (Phi) is 5.67. The predicted octanol–water partition coefficient (Wildman–Crippen LogP) is 3.07. The number of hydrogen-bond acceptors (Lipinski definition) is 2. The monoisotopic (exact) mass is 310 g/mol. The van der Waals surface area contributed by atoms with Crippen molar-refractivity contribution >= 4 is 15.9 Å². The standard InChI is InChI=1S/C15H23BrN2/c1-13(12-14-4-6-15(16)7-5-14)17-8-11-18-9-2-3-10-18/h4-7,13,17H,2-3,8-12H2,1H3. The first-order valence-corrected chi connectivity index (χ1v) is 7.73. The normalized spacial score (nSPS) is 18.1. The minimum absolute atomic E-state index is 0.550. The Balaban J connectivity index is 1.65. The number of rotatable bonds is 6. The predicted molar refractivity (Wildman–Crippen MR) is 81.0 cm³/mol. The minimum atomic E-state index is 0.550. The van der Waals surface area contributed by atoms with Crippen LogP contribution in [0.3, 0.4) is 0 Å². The highest BCUT2D eigenvalue weighted by Gasteiger charge is 2.11. The van der Waals surface area contributed by atoms with E-state index < -0.39 is 0 Å². The zero-order valence-electron chi connectivity index (χ0n) is 11.2. The molecule has 1 aliphatic rings. The molecule has 100 valence electrons. The number of benzene rings is 1. The van der Waals surface area contributed by atoms with E-state index in [0.717, 1.165) is 17.4 Å². The van der Waals surface area contributed by atoms with Gasteiger partial charge in [-0.1, -0.05) is 28.1 Å². The lowest BCUT2D eigenvalue weighted by atomic mass is 10.1. The van der Waals surface area contributed by atoms with Gasteiger partial charge >= 0.3 is 0 Å². The molecular weight excluding hydrogens is 288 g/mol. The van der Waals surface area contributed by atoms with Gasteiger partial charge in [-0.2, -0.15) is 0 Å². The quantitative estimate of drug-likeness (QED) is 0.868. The molecule has 0 aliphatic carbocycles. The Morgan fingerprint density at radius 2 is 1.89 bits per heavy atom. The molecule has 1 N–H and O–H groups in total. The highest BCUT2D eigenvalue weighted by atomic mass is 79.9. The fraction of sp³-hybridized carbons (Fsp3) is 0.600. The third-order valence-corrected chi connectivity index (χ3v) is 4.10. The minimum Gasteiger partial charge on any atom is -0.313 e. The molecule has 18 heavy (non-hydrogen) atoms. The third kappa shape index (κ3) is 4.71. The van der Waals surface area contributed by atoms with Crippen LogP contribution < -0.4 is 5.32 Å². The van der Waals surface area contributed by atoms with E-state index in [1.165, 1.54) is 38.0 Å². The topological polar surface area (TPSA) is 15.3 Å². The number of halogens is 1. The van der Waals surface area contributed by atoms with Crippen molar-refractivity contribution in [2.45, 2.75) is 32.2 Å². The summed E-state index contributed by atoms with van der Waals surface area (Å²) in [6, 6.07) is 9.18. The van der Waals surface area contributed by atoms with Crippen LogP contribution in [0.25, 0.3) is 0 Å². The summed E-state index contributed by atoms with van der Waals surface area (Å²) in [6.45, 7) is 7.17. The van der Waals surface area contributed by atoms with Crippen molar-refractivity contribution < 1.29 is 0 Å². The van der Waals surface area contributed by atoms with E-state index >= 15 is 0 Å². The van der Waals surface area contributed by atoms with Crippen LogP contribution in [0.5, 0.6) is 0 Å².